The number of aryl methyl sites for hydroxylation is 1. The molecule has 2 aromatic carbocycles. The van der Waals surface area contributed by atoms with Gasteiger partial charge in [-0.05, 0) is 58.8 Å². The first-order chi connectivity index (χ1) is 13.3. The summed E-state index contributed by atoms with van der Waals surface area (Å²) >= 11 is 1.90. The number of rotatable bonds is 7. The zero-order valence-electron chi connectivity index (χ0n) is 14.7. The van der Waals surface area contributed by atoms with Crippen molar-refractivity contribution in [3.8, 4) is 5.75 Å². The minimum Gasteiger partial charge on any atom is -0.488 e. The van der Waals surface area contributed by atoms with Crippen molar-refractivity contribution in [3.63, 3.8) is 0 Å². The number of alkyl halides is 7. The van der Waals surface area contributed by atoms with Gasteiger partial charge in [-0.15, -0.1) is 0 Å². The van der Waals surface area contributed by atoms with E-state index in [0.29, 0.717) is 21.0 Å². The van der Waals surface area contributed by atoms with E-state index in [2.05, 4.69) is 5.10 Å². The number of hydrazone groups is 1. The fourth-order valence-electron chi connectivity index (χ4n) is 2.11. The van der Waals surface area contributed by atoms with Crippen molar-refractivity contribution < 1.29 is 35.5 Å². The average Bonchev–Trinajstić information content (AvgIpc) is 2.60. The Labute approximate surface area is 175 Å². The van der Waals surface area contributed by atoms with E-state index in [9.17, 15) is 30.7 Å². The lowest BCUT2D eigenvalue weighted by Gasteiger charge is -2.27. The van der Waals surface area contributed by atoms with Gasteiger partial charge in [0.2, 0.25) is 0 Å². The highest BCUT2D eigenvalue weighted by atomic mass is 127. The molecule has 0 saturated carbocycles. The smallest absolute Gasteiger partial charge is 0.462 e. The van der Waals surface area contributed by atoms with E-state index in [1.165, 1.54) is 18.2 Å². The summed E-state index contributed by atoms with van der Waals surface area (Å²) in [6.45, 7) is 2.22. The maximum absolute atomic E-state index is 13.1. The second kappa shape index (κ2) is 8.76. The number of benzene rings is 2. The molecule has 0 aliphatic heterocycles. The van der Waals surface area contributed by atoms with E-state index in [-0.39, 0.29) is 12.2 Å². The molecule has 0 aromatic heterocycles. The molecule has 0 aliphatic carbocycles. The third kappa shape index (κ3) is 5.73. The van der Waals surface area contributed by atoms with Gasteiger partial charge in [0.1, 0.15) is 12.4 Å². The molecule has 0 spiro atoms. The number of nitrogens with one attached hydrogen (secondary N) is 1. The fourth-order valence-corrected chi connectivity index (χ4v) is 2.81. The van der Waals surface area contributed by atoms with Crippen LogP contribution in [0, 0.1) is 10.5 Å². The van der Waals surface area contributed by atoms with Crippen LogP contribution in [-0.4, -0.2) is 24.4 Å². The first kappa shape index (κ1) is 23.2. The normalized spacial score (nSPS) is 13.0. The van der Waals surface area contributed by atoms with Gasteiger partial charge >= 0.3 is 18.1 Å². The number of ether oxygens (including phenoxy) is 1. The monoisotopic (exact) mass is 534 g/mol. The first-order valence-corrected chi connectivity index (χ1v) is 9.02. The van der Waals surface area contributed by atoms with Crippen molar-refractivity contribution in [2.24, 2.45) is 5.10 Å². The maximum Gasteiger partial charge on any atom is 0.462 e. The summed E-state index contributed by atoms with van der Waals surface area (Å²) in [5, 5.41) is 2.82. The lowest BCUT2D eigenvalue weighted by Crippen LogP contribution is -2.58. The Morgan fingerprint density at radius 3 is 2.31 bits per heavy atom. The van der Waals surface area contributed by atoms with E-state index in [1.807, 2.05) is 53.8 Å². The summed E-state index contributed by atoms with van der Waals surface area (Å²) in [5.41, 5.74) is 2.76. The van der Waals surface area contributed by atoms with Gasteiger partial charge in [-0.25, -0.2) is 5.43 Å². The van der Waals surface area contributed by atoms with E-state index in [4.69, 9.17) is 4.74 Å². The number of nitrogens with zero attached hydrogens (tertiary/aromatic N) is 1. The van der Waals surface area contributed by atoms with Crippen molar-refractivity contribution in [1.29, 1.82) is 0 Å². The van der Waals surface area contributed by atoms with Crippen LogP contribution in [0.25, 0.3) is 0 Å². The second-order valence-corrected chi connectivity index (χ2v) is 7.15. The maximum atomic E-state index is 13.1. The lowest BCUT2D eigenvalue weighted by atomic mass is 10.1. The molecule has 0 radical (unpaired) electrons. The Bertz CT molecular complexity index is 885. The van der Waals surface area contributed by atoms with Crippen molar-refractivity contribution >= 4 is 28.8 Å². The molecule has 0 saturated heterocycles. The summed E-state index contributed by atoms with van der Waals surface area (Å²) in [5.74, 6) is -5.80. The molecule has 0 atom stereocenters. The van der Waals surface area contributed by atoms with Crippen molar-refractivity contribution in [1.82, 2.24) is 5.43 Å². The minimum atomic E-state index is -6.43. The summed E-state index contributed by atoms with van der Waals surface area (Å²) < 4.78 is 94.2. The predicted molar refractivity (Wildman–Crippen MR) is 101 cm³/mol. The van der Waals surface area contributed by atoms with Gasteiger partial charge in [-0.3, -0.25) is 0 Å². The van der Waals surface area contributed by atoms with E-state index >= 15 is 0 Å². The predicted octanol–water partition coefficient (Wildman–Crippen LogP) is 5.89. The highest BCUT2D eigenvalue weighted by molar-refractivity contribution is 14.1. The van der Waals surface area contributed by atoms with Crippen molar-refractivity contribution in [2.45, 2.75) is 31.7 Å². The molecule has 0 amide bonds. The van der Waals surface area contributed by atoms with Crippen molar-refractivity contribution in [3.05, 3.63) is 62.7 Å². The van der Waals surface area contributed by atoms with Gasteiger partial charge in [-0.1, -0.05) is 29.8 Å². The molecule has 158 valence electrons. The molecule has 0 bridgehead atoms. The van der Waals surface area contributed by atoms with Crippen LogP contribution < -0.4 is 10.2 Å². The van der Waals surface area contributed by atoms with Crippen LogP contribution in [0.1, 0.15) is 16.7 Å². The topological polar surface area (TPSA) is 33.6 Å². The standard InChI is InChI=1S/C18H14F7IN2O/c1-11-3-2-4-13(7-11)10-29-15-6-5-12(8-14(15)26)9-27-28-18(24,25)16(19,20)17(21,22)23/h2-9,28H,10H2,1H3/b27-9+. The lowest BCUT2D eigenvalue weighted by molar-refractivity contribution is -0.361. The second-order valence-electron chi connectivity index (χ2n) is 5.98. The summed E-state index contributed by atoms with van der Waals surface area (Å²) in [6.07, 6.45) is -5.72. The third-order valence-electron chi connectivity index (χ3n) is 3.60. The molecular weight excluding hydrogens is 520 g/mol. The quantitative estimate of drug-likeness (QED) is 0.158. The first-order valence-electron chi connectivity index (χ1n) is 7.94. The molecule has 2 aromatic rings. The SMILES string of the molecule is Cc1cccc(COc2ccc(/C=N/NC(F)(F)C(F)(F)C(F)(F)F)cc2I)c1. The zero-order valence-corrected chi connectivity index (χ0v) is 16.9. The molecular formula is C18H14F7IN2O. The third-order valence-corrected chi connectivity index (χ3v) is 4.44. The Morgan fingerprint density at radius 1 is 1.03 bits per heavy atom. The molecule has 3 nitrogen and oxygen atoms in total. The van der Waals surface area contributed by atoms with Gasteiger partial charge in [0, 0.05) is 0 Å². The van der Waals surface area contributed by atoms with E-state index in [0.717, 1.165) is 11.1 Å². The fraction of sp³-hybridized carbons (Fsp3) is 0.278. The molecule has 0 unspecified atom stereocenters. The zero-order chi connectivity index (χ0) is 21.9. The van der Waals surface area contributed by atoms with Gasteiger partial charge < -0.3 is 4.74 Å². The summed E-state index contributed by atoms with van der Waals surface area (Å²) in [6, 6.07) is 6.36. The minimum absolute atomic E-state index is 0.191. The molecule has 11 heteroatoms. The highest BCUT2D eigenvalue weighted by Crippen LogP contribution is 2.45. The molecule has 0 aliphatic rings. The molecule has 2 rings (SSSR count). The van der Waals surface area contributed by atoms with Crippen molar-refractivity contribution in [2.75, 3.05) is 0 Å². The largest absolute Gasteiger partial charge is 0.488 e. The van der Waals surface area contributed by atoms with Crippen LogP contribution in [0.3, 0.4) is 0 Å². The van der Waals surface area contributed by atoms with Crippen LogP contribution in [0.5, 0.6) is 5.75 Å². The number of hydrogen-bond acceptors (Lipinski definition) is 3. The summed E-state index contributed by atoms with van der Waals surface area (Å²) in [7, 11) is 0. The Kier molecular flexibility index (Phi) is 7.01. The molecule has 0 heterocycles. The molecule has 0 fully saturated rings. The van der Waals surface area contributed by atoms with Gasteiger partial charge in [0.25, 0.3) is 0 Å². The van der Waals surface area contributed by atoms with Crippen LogP contribution in [0.15, 0.2) is 47.6 Å². The van der Waals surface area contributed by atoms with E-state index < -0.39 is 18.1 Å². The molecule has 29 heavy (non-hydrogen) atoms. The Hall–Kier alpha value is -2.05. The van der Waals surface area contributed by atoms with Crippen LogP contribution in [0.2, 0.25) is 0 Å². The van der Waals surface area contributed by atoms with Gasteiger partial charge in [-0.2, -0.15) is 35.8 Å². The Morgan fingerprint density at radius 2 is 1.72 bits per heavy atom. The van der Waals surface area contributed by atoms with Gasteiger partial charge in [0.05, 0.1) is 9.78 Å². The van der Waals surface area contributed by atoms with E-state index in [1.54, 1.807) is 0 Å². The molecule has 1 N–H and O–H groups in total. The number of hydrogen-bond donors (Lipinski definition) is 1. The number of halogens is 8. The highest BCUT2D eigenvalue weighted by Gasteiger charge is 2.73. The van der Waals surface area contributed by atoms with Crippen LogP contribution in [-0.2, 0) is 6.61 Å². The van der Waals surface area contributed by atoms with Gasteiger partial charge in [0.15, 0.2) is 0 Å². The summed E-state index contributed by atoms with van der Waals surface area (Å²) in [4.78, 5) is 0. The van der Waals surface area contributed by atoms with Crippen LogP contribution in [0.4, 0.5) is 30.7 Å². The average molecular weight is 534 g/mol. The Balaban J connectivity index is 2.03. The van der Waals surface area contributed by atoms with Crippen LogP contribution >= 0.6 is 22.6 Å².